The molecule has 2 aromatic carbocycles. The van der Waals surface area contributed by atoms with Crippen molar-refractivity contribution in [3.63, 3.8) is 0 Å². The predicted molar refractivity (Wildman–Crippen MR) is 158 cm³/mol. The number of ketones is 1. The molecule has 1 heterocycles. The van der Waals surface area contributed by atoms with Crippen molar-refractivity contribution in [3.05, 3.63) is 71.0 Å². The topological polar surface area (TPSA) is 50.2 Å². The first-order chi connectivity index (χ1) is 16.3. The molecule has 0 aliphatic carbocycles. The van der Waals surface area contributed by atoms with E-state index in [9.17, 15) is 9.90 Å². The van der Waals surface area contributed by atoms with Crippen LogP contribution in [0.2, 0.25) is 19.6 Å². The molecule has 0 saturated carbocycles. The monoisotopic (exact) mass is 695 g/mol. The number of hydrogen-bond donors (Lipinski definition) is 1. The first-order valence-electron chi connectivity index (χ1n) is 12.7. The van der Waals surface area contributed by atoms with Crippen molar-refractivity contribution >= 4 is 29.9 Å². The zero-order valence-corrected chi connectivity index (χ0v) is 28.1. The molecule has 1 aromatic heterocycles. The third-order valence-electron chi connectivity index (χ3n) is 6.05. The van der Waals surface area contributed by atoms with Crippen molar-refractivity contribution < 1.29 is 30.0 Å². The normalized spacial score (nSPS) is 12.5. The van der Waals surface area contributed by atoms with Crippen molar-refractivity contribution in [2.45, 2.75) is 82.0 Å². The van der Waals surface area contributed by atoms with Crippen LogP contribution in [0.3, 0.4) is 0 Å². The van der Waals surface area contributed by atoms with E-state index in [1.807, 2.05) is 41.5 Å². The molecule has 0 amide bonds. The Balaban J connectivity index is 0.000000423. The van der Waals surface area contributed by atoms with E-state index in [1.54, 1.807) is 0 Å². The average molecular weight is 695 g/mol. The number of benzene rings is 2. The Kier molecular flexibility index (Phi) is 10.9. The van der Waals surface area contributed by atoms with Crippen molar-refractivity contribution in [1.82, 2.24) is 4.98 Å². The maximum Gasteiger partial charge on any atom is 0.164 e. The molecule has 0 atom stereocenters. The number of carbonyl (C=O) groups excluding carboxylic acids is 1. The fourth-order valence-electron chi connectivity index (χ4n) is 3.60. The van der Waals surface area contributed by atoms with Crippen LogP contribution in [0.5, 0.6) is 0 Å². The van der Waals surface area contributed by atoms with Gasteiger partial charge in [0.2, 0.25) is 0 Å². The van der Waals surface area contributed by atoms with Crippen molar-refractivity contribution in [1.29, 1.82) is 0 Å². The van der Waals surface area contributed by atoms with Crippen LogP contribution in [0.15, 0.2) is 48.2 Å². The largest absolute Gasteiger partial charge is 0.512 e. The molecule has 0 saturated heterocycles. The molecule has 1 N–H and O–H groups in total. The summed E-state index contributed by atoms with van der Waals surface area (Å²) in [5.41, 5.74) is 6.08. The first-order valence-corrected chi connectivity index (χ1v) is 16.2. The number of rotatable bonds is 3. The molecule has 3 rings (SSSR count). The summed E-state index contributed by atoms with van der Waals surface area (Å²) in [6.45, 7) is 24.6. The molecule has 203 valence electrons. The Bertz CT molecular complexity index is 1270. The van der Waals surface area contributed by atoms with Gasteiger partial charge in [-0.25, -0.2) is 0 Å². The number of aryl methyl sites for hydroxylation is 3. The first kappa shape index (κ1) is 33.0. The maximum atomic E-state index is 11.5. The zero-order valence-electron chi connectivity index (χ0n) is 24.7. The van der Waals surface area contributed by atoms with Crippen LogP contribution in [0.4, 0.5) is 0 Å². The fraction of sp³-hybridized carbons (Fsp3) is 0.438. The molecule has 0 unspecified atom stereocenters. The minimum absolute atomic E-state index is 0. The van der Waals surface area contributed by atoms with E-state index in [4.69, 9.17) is 4.98 Å². The average Bonchev–Trinajstić information content (AvgIpc) is 2.70. The number of hydrogen-bond acceptors (Lipinski definition) is 3. The van der Waals surface area contributed by atoms with Crippen LogP contribution in [0.1, 0.15) is 58.2 Å². The molecule has 1 radical (unpaired) electrons. The van der Waals surface area contributed by atoms with Gasteiger partial charge in [0.1, 0.15) is 5.76 Å². The van der Waals surface area contributed by atoms with Gasteiger partial charge < -0.3 is 5.11 Å². The molecule has 0 fully saturated rings. The quantitative estimate of drug-likeness (QED) is 0.130. The van der Waals surface area contributed by atoms with Crippen LogP contribution in [-0.4, -0.2) is 23.9 Å². The van der Waals surface area contributed by atoms with E-state index in [-0.39, 0.29) is 37.1 Å². The van der Waals surface area contributed by atoms with Crippen LogP contribution < -0.4 is 5.19 Å². The summed E-state index contributed by atoms with van der Waals surface area (Å²) in [5.74, 6) is 0.104. The number of carbonyl (C=O) groups is 1. The van der Waals surface area contributed by atoms with Gasteiger partial charge in [-0.05, 0) is 24.1 Å². The van der Waals surface area contributed by atoms with Crippen molar-refractivity contribution in [2.24, 2.45) is 10.8 Å². The van der Waals surface area contributed by atoms with Gasteiger partial charge in [-0.1, -0.05) is 104 Å². The molecule has 3 aromatic rings. The van der Waals surface area contributed by atoms with Gasteiger partial charge in [-0.15, -0.1) is 34.9 Å². The Morgan fingerprint density at radius 1 is 0.919 bits per heavy atom. The van der Waals surface area contributed by atoms with Gasteiger partial charge in [-0.2, -0.15) is 0 Å². The standard InChI is InChI=1S/C21H24NSi.C11H20O2.Ir/c1-14-9-15(2)11-18(10-14)21-16(3)12-17-13-19(23(4,5)6)7-8-20(17)22-21;1-10(2,3)8(12)7-9(13)11(4,5)6;/h7-10,12-13H,1-6H3;7,12H,1-6H3;/q-1;;/b;8-7-;. The second kappa shape index (κ2) is 12.2. The summed E-state index contributed by atoms with van der Waals surface area (Å²) in [7, 11) is -1.29. The fourth-order valence-corrected chi connectivity index (χ4v) is 4.77. The van der Waals surface area contributed by atoms with E-state index in [0.717, 1.165) is 22.3 Å². The van der Waals surface area contributed by atoms with Gasteiger partial charge in [0.05, 0.1) is 13.6 Å². The zero-order chi connectivity index (χ0) is 27.6. The molecule has 37 heavy (non-hydrogen) atoms. The van der Waals surface area contributed by atoms with Gasteiger partial charge in [0.25, 0.3) is 0 Å². The minimum Gasteiger partial charge on any atom is -0.512 e. The molecular formula is C32H44IrNO2Si-. The number of fused-ring (bicyclic) bond motifs is 1. The van der Waals surface area contributed by atoms with Crippen LogP contribution in [-0.2, 0) is 24.9 Å². The van der Waals surface area contributed by atoms with Crippen LogP contribution in [0, 0.1) is 37.7 Å². The molecule has 3 nitrogen and oxygen atoms in total. The summed E-state index contributed by atoms with van der Waals surface area (Å²) in [6, 6.07) is 16.8. The van der Waals surface area contributed by atoms with E-state index >= 15 is 0 Å². The summed E-state index contributed by atoms with van der Waals surface area (Å²) in [6.07, 6.45) is 1.33. The second-order valence-corrected chi connectivity index (χ2v) is 18.0. The number of aromatic nitrogens is 1. The Labute approximate surface area is 239 Å². The van der Waals surface area contributed by atoms with Crippen LogP contribution >= 0.6 is 0 Å². The molecule has 0 spiro atoms. The third-order valence-corrected chi connectivity index (χ3v) is 8.09. The molecule has 0 bridgehead atoms. The number of pyridine rings is 1. The molecule has 5 heteroatoms. The molecule has 0 aliphatic heterocycles. The van der Waals surface area contributed by atoms with Crippen LogP contribution in [0.25, 0.3) is 22.2 Å². The smallest absolute Gasteiger partial charge is 0.164 e. The Morgan fingerprint density at radius 3 is 2.00 bits per heavy atom. The molecular weight excluding hydrogens is 651 g/mol. The minimum atomic E-state index is -1.29. The second-order valence-electron chi connectivity index (χ2n) is 13.0. The predicted octanol–water partition coefficient (Wildman–Crippen LogP) is 8.26. The van der Waals surface area contributed by atoms with Crippen molar-refractivity contribution in [2.75, 3.05) is 0 Å². The van der Waals surface area contributed by atoms with Gasteiger partial charge in [0.15, 0.2) is 5.78 Å². The Morgan fingerprint density at radius 2 is 1.51 bits per heavy atom. The van der Waals surface area contributed by atoms with Crippen molar-refractivity contribution in [3.8, 4) is 11.3 Å². The Hall–Kier alpha value is -2.07. The van der Waals surface area contributed by atoms with E-state index in [0.29, 0.717) is 0 Å². The number of aliphatic hydroxyl groups excluding tert-OH is 1. The summed E-state index contributed by atoms with van der Waals surface area (Å²) >= 11 is 0. The van der Waals surface area contributed by atoms with Gasteiger partial charge in [0, 0.05) is 37.0 Å². The number of nitrogens with zero attached hydrogens (tertiary/aromatic N) is 1. The van der Waals surface area contributed by atoms with E-state index in [1.165, 1.54) is 27.8 Å². The number of allylic oxidation sites excluding steroid dienone is 2. The molecule has 0 aliphatic rings. The van der Waals surface area contributed by atoms with Gasteiger partial charge in [-0.3, -0.25) is 9.78 Å². The SMILES string of the molecule is CC(C)(C)C(=O)/C=C(\O)C(C)(C)C.Cc1[c-]c(-c2nc3ccc([Si](C)(C)C)cc3cc2C)cc(C)c1.[Ir]. The van der Waals surface area contributed by atoms with E-state index < -0.39 is 13.5 Å². The number of aliphatic hydroxyl groups is 1. The summed E-state index contributed by atoms with van der Waals surface area (Å²) < 4.78 is 0. The summed E-state index contributed by atoms with van der Waals surface area (Å²) in [5, 5.41) is 12.3. The summed E-state index contributed by atoms with van der Waals surface area (Å²) in [4.78, 5) is 16.4. The maximum absolute atomic E-state index is 11.5. The van der Waals surface area contributed by atoms with Gasteiger partial charge >= 0.3 is 0 Å². The third kappa shape index (κ3) is 9.32. The van der Waals surface area contributed by atoms with E-state index in [2.05, 4.69) is 82.9 Å².